The van der Waals surface area contributed by atoms with Gasteiger partial charge in [0.2, 0.25) is 0 Å². The number of halogens is 3. The summed E-state index contributed by atoms with van der Waals surface area (Å²) in [5, 5.41) is 0. The second-order valence-corrected chi connectivity index (χ2v) is 5.10. The van der Waals surface area contributed by atoms with Crippen LogP contribution in [-0.2, 0) is 32.7 Å². The van der Waals surface area contributed by atoms with E-state index in [0.717, 1.165) is 15.6 Å². The van der Waals surface area contributed by atoms with Crippen LogP contribution in [0.3, 0.4) is 0 Å². The Morgan fingerprint density at radius 3 is 2.60 bits per heavy atom. The Morgan fingerprint density at radius 2 is 2.00 bits per heavy atom. The first-order valence-corrected chi connectivity index (χ1v) is 6.60. The molecule has 1 nitrogen and oxygen atoms in total. The van der Waals surface area contributed by atoms with Crippen molar-refractivity contribution in [1.29, 1.82) is 0 Å². The topological polar surface area (TPSA) is 3.24 Å². The zero-order valence-electron chi connectivity index (χ0n) is 11.0. The molecule has 5 heteroatoms. The maximum absolute atomic E-state index is 12.8. The first-order valence-electron chi connectivity index (χ1n) is 5.81. The normalized spacial score (nSPS) is 14.8. The van der Waals surface area contributed by atoms with Gasteiger partial charge in [0.1, 0.15) is 0 Å². The SMILES string of the molecule is C=C1C(C)=C[C-]=C(c2ccccc2Br)N1CC(F)F.[Y]. The molecule has 2 rings (SSSR count). The van der Waals surface area contributed by atoms with Crippen LogP contribution >= 0.6 is 15.9 Å². The summed E-state index contributed by atoms with van der Waals surface area (Å²) < 4.78 is 26.4. The van der Waals surface area contributed by atoms with Crippen LogP contribution < -0.4 is 0 Å². The predicted molar refractivity (Wildman–Crippen MR) is 76.4 cm³/mol. The number of hydrogen-bond donors (Lipinski definition) is 0. The number of allylic oxidation sites excluding steroid dienone is 3. The van der Waals surface area contributed by atoms with Crippen molar-refractivity contribution in [2.24, 2.45) is 0 Å². The Balaban J connectivity index is 0.00000200. The fraction of sp³-hybridized carbons (Fsp3) is 0.200. The van der Waals surface area contributed by atoms with E-state index in [0.29, 0.717) is 11.4 Å². The molecule has 1 aliphatic rings. The van der Waals surface area contributed by atoms with E-state index in [1.165, 1.54) is 4.90 Å². The average molecular weight is 414 g/mol. The van der Waals surface area contributed by atoms with E-state index in [1.54, 1.807) is 6.08 Å². The number of alkyl halides is 2. The Hall–Kier alpha value is -0.316. The van der Waals surface area contributed by atoms with E-state index in [9.17, 15) is 8.78 Å². The summed E-state index contributed by atoms with van der Waals surface area (Å²) in [6, 6.07) is 7.48. The fourth-order valence-electron chi connectivity index (χ4n) is 1.90. The quantitative estimate of drug-likeness (QED) is 0.653. The largest absolute Gasteiger partial charge is 0.370 e. The van der Waals surface area contributed by atoms with Crippen LogP contribution in [-0.4, -0.2) is 17.9 Å². The van der Waals surface area contributed by atoms with Gasteiger partial charge in [-0.3, -0.25) is 0 Å². The van der Waals surface area contributed by atoms with Crippen LogP contribution in [0.2, 0.25) is 0 Å². The van der Waals surface area contributed by atoms with Gasteiger partial charge in [0.05, 0.1) is 6.54 Å². The van der Waals surface area contributed by atoms with E-state index in [1.807, 2.05) is 31.2 Å². The van der Waals surface area contributed by atoms with Crippen LogP contribution in [0.5, 0.6) is 0 Å². The van der Waals surface area contributed by atoms with Gasteiger partial charge in [-0.25, -0.2) is 8.78 Å². The monoisotopic (exact) mass is 413 g/mol. The summed E-state index contributed by atoms with van der Waals surface area (Å²) in [5.74, 6) is 0. The summed E-state index contributed by atoms with van der Waals surface area (Å²) in [6.07, 6.45) is 2.42. The first-order chi connectivity index (χ1) is 9.00. The molecular weight excluding hydrogens is 401 g/mol. The number of benzene rings is 1. The molecule has 1 heterocycles. The van der Waals surface area contributed by atoms with Crippen molar-refractivity contribution < 1.29 is 41.5 Å². The van der Waals surface area contributed by atoms with Gasteiger partial charge in [0.15, 0.2) is 0 Å². The standard InChI is InChI=1S/C15H13BrF2N.Y/c1-10-7-8-14(12-5-3-4-6-13(12)16)19(11(10)2)9-15(17)18;/h3-7,15H,2,9H2,1H3;/q-1;. The van der Waals surface area contributed by atoms with Crippen molar-refractivity contribution in [3.63, 3.8) is 0 Å². The summed E-state index contributed by atoms with van der Waals surface area (Å²) in [4.78, 5) is 1.51. The predicted octanol–water partition coefficient (Wildman–Crippen LogP) is 4.63. The fourth-order valence-corrected chi connectivity index (χ4v) is 2.37. The van der Waals surface area contributed by atoms with Gasteiger partial charge in [-0.2, -0.15) is 12.2 Å². The molecule has 1 aromatic carbocycles. The van der Waals surface area contributed by atoms with Gasteiger partial charge in [0, 0.05) is 32.7 Å². The molecule has 0 aliphatic carbocycles. The van der Waals surface area contributed by atoms with Crippen molar-refractivity contribution in [3.8, 4) is 0 Å². The average Bonchev–Trinajstić information content (AvgIpc) is 2.36. The molecule has 0 bridgehead atoms. The molecule has 1 radical (unpaired) electrons. The van der Waals surface area contributed by atoms with E-state index >= 15 is 0 Å². The Morgan fingerprint density at radius 1 is 1.35 bits per heavy atom. The summed E-state index contributed by atoms with van der Waals surface area (Å²) in [7, 11) is 0. The maximum atomic E-state index is 12.8. The molecule has 0 saturated carbocycles. The molecule has 0 aromatic heterocycles. The Bertz CT molecular complexity index is 567. The summed E-state index contributed by atoms with van der Waals surface area (Å²) in [6.45, 7) is 5.34. The van der Waals surface area contributed by atoms with Gasteiger partial charge >= 0.3 is 0 Å². The van der Waals surface area contributed by atoms with Crippen LogP contribution in [0.4, 0.5) is 8.78 Å². The van der Waals surface area contributed by atoms with Crippen LogP contribution in [0, 0.1) is 6.08 Å². The van der Waals surface area contributed by atoms with E-state index in [-0.39, 0.29) is 39.3 Å². The molecule has 1 aliphatic heterocycles. The van der Waals surface area contributed by atoms with Crippen LogP contribution in [0.25, 0.3) is 5.70 Å². The van der Waals surface area contributed by atoms with Crippen molar-refractivity contribution in [3.05, 3.63) is 64.3 Å². The maximum Gasteiger partial charge on any atom is 0.256 e. The minimum atomic E-state index is -2.43. The molecule has 0 N–H and O–H groups in total. The van der Waals surface area contributed by atoms with Crippen molar-refractivity contribution in [2.45, 2.75) is 13.3 Å². The second-order valence-electron chi connectivity index (χ2n) is 4.25. The van der Waals surface area contributed by atoms with Crippen LogP contribution in [0.1, 0.15) is 12.5 Å². The molecular formula is C15H13BrF2NY-. The molecule has 0 saturated heterocycles. The summed E-state index contributed by atoms with van der Waals surface area (Å²) >= 11 is 3.44. The molecule has 1 aromatic rings. The van der Waals surface area contributed by atoms with Crippen molar-refractivity contribution in [2.75, 3.05) is 6.54 Å². The third-order valence-electron chi connectivity index (χ3n) is 2.93. The van der Waals surface area contributed by atoms with Gasteiger partial charge in [-0.1, -0.05) is 58.9 Å². The zero-order valence-corrected chi connectivity index (χ0v) is 15.5. The number of nitrogens with zero attached hydrogens (tertiary/aromatic N) is 1. The Kier molecular flexibility index (Phi) is 6.76. The van der Waals surface area contributed by atoms with E-state index in [4.69, 9.17) is 0 Å². The van der Waals surface area contributed by atoms with Crippen molar-refractivity contribution in [1.82, 2.24) is 4.90 Å². The van der Waals surface area contributed by atoms with Gasteiger partial charge in [-0.05, 0) is 10.2 Å². The van der Waals surface area contributed by atoms with Gasteiger partial charge < -0.3 is 4.90 Å². The van der Waals surface area contributed by atoms with E-state index in [2.05, 4.69) is 28.6 Å². The number of rotatable bonds is 3. The summed E-state index contributed by atoms with van der Waals surface area (Å²) in [5.41, 5.74) is 2.87. The minimum Gasteiger partial charge on any atom is -0.370 e. The zero-order chi connectivity index (χ0) is 14.0. The molecule has 0 spiro atoms. The third-order valence-corrected chi connectivity index (χ3v) is 3.62. The van der Waals surface area contributed by atoms with E-state index < -0.39 is 6.43 Å². The second kappa shape index (κ2) is 7.62. The minimum absolute atomic E-state index is 0. The first kappa shape index (κ1) is 17.7. The molecule has 0 fully saturated rings. The molecule has 103 valence electrons. The van der Waals surface area contributed by atoms with Crippen molar-refractivity contribution >= 4 is 21.6 Å². The van der Waals surface area contributed by atoms with Crippen LogP contribution in [0.15, 0.2) is 52.7 Å². The number of hydrogen-bond acceptors (Lipinski definition) is 1. The molecule has 0 atom stereocenters. The smallest absolute Gasteiger partial charge is 0.256 e. The molecule has 20 heavy (non-hydrogen) atoms. The molecule has 0 amide bonds. The third kappa shape index (κ3) is 3.87. The van der Waals surface area contributed by atoms with Gasteiger partial charge in [0.25, 0.3) is 6.43 Å². The molecule has 0 unspecified atom stereocenters. The Labute approximate surface area is 151 Å². The van der Waals surface area contributed by atoms with Gasteiger partial charge in [-0.15, -0.1) is 11.6 Å².